The van der Waals surface area contributed by atoms with Crippen LogP contribution in [-0.2, 0) is 4.84 Å². The molecule has 0 aromatic heterocycles. The van der Waals surface area contributed by atoms with Gasteiger partial charge >= 0.3 is 0 Å². The van der Waals surface area contributed by atoms with Crippen LogP contribution in [0.5, 0.6) is 0 Å². The van der Waals surface area contributed by atoms with Crippen LogP contribution in [0.1, 0.15) is 43.2 Å². The Labute approximate surface area is 190 Å². The Balaban J connectivity index is 1.64. The summed E-state index contributed by atoms with van der Waals surface area (Å²) in [5, 5.41) is 10.7. The van der Waals surface area contributed by atoms with Gasteiger partial charge in [-0.3, -0.25) is 4.84 Å². The number of nitriles is 1. The van der Waals surface area contributed by atoms with E-state index in [4.69, 9.17) is 10.1 Å². The van der Waals surface area contributed by atoms with E-state index in [0.29, 0.717) is 19.7 Å². The molecular formula is C28H29N3O. The molecule has 0 aliphatic carbocycles. The lowest BCUT2D eigenvalue weighted by Crippen LogP contribution is -2.28. The fourth-order valence-corrected chi connectivity index (χ4v) is 4.04. The Morgan fingerprint density at radius 1 is 0.688 bits per heavy atom. The zero-order valence-corrected chi connectivity index (χ0v) is 18.4. The molecule has 1 heterocycles. The Kier molecular flexibility index (Phi) is 7.57. The molecule has 0 bridgehead atoms. The molecule has 0 N–H and O–H groups in total. The first-order chi connectivity index (χ1) is 15.9. The highest BCUT2D eigenvalue weighted by Crippen LogP contribution is 2.40. The number of rotatable bonds is 10. The van der Waals surface area contributed by atoms with E-state index in [1.54, 1.807) is 0 Å². The first-order valence-corrected chi connectivity index (χ1v) is 11.3. The Morgan fingerprint density at radius 2 is 1.25 bits per heavy atom. The SMILES string of the molecule is N#CCCCCCCON1CN(c2ccccc2)C(c2ccccc2)=C1c1ccccc1. The van der Waals surface area contributed by atoms with Gasteiger partial charge in [0.15, 0.2) is 0 Å². The van der Waals surface area contributed by atoms with Gasteiger partial charge in [-0.05, 0) is 25.0 Å². The van der Waals surface area contributed by atoms with E-state index in [1.807, 2.05) is 17.2 Å². The second-order valence-electron chi connectivity index (χ2n) is 7.87. The maximum absolute atomic E-state index is 8.70. The van der Waals surface area contributed by atoms with Gasteiger partial charge in [0.25, 0.3) is 0 Å². The van der Waals surface area contributed by atoms with Crippen LogP contribution in [0.2, 0.25) is 0 Å². The number of hydrogen-bond acceptors (Lipinski definition) is 4. The van der Waals surface area contributed by atoms with Crippen LogP contribution in [0, 0.1) is 11.3 Å². The summed E-state index contributed by atoms with van der Waals surface area (Å²) in [6.45, 7) is 1.29. The van der Waals surface area contributed by atoms with Crippen LogP contribution >= 0.6 is 0 Å². The average Bonchev–Trinajstić information content (AvgIpc) is 3.24. The number of nitrogens with zero attached hydrogens (tertiary/aromatic N) is 3. The molecule has 1 aliphatic rings. The van der Waals surface area contributed by atoms with E-state index in [2.05, 4.69) is 89.8 Å². The van der Waals surface area contributed by atoms with Crippen LogP contribution in [0.15, 0.2) is 91.0 Å². The van der Waals surface area contributed by atoms with Crippen molar-refractivity contribution < 1.29 is 4.84 Å². The summed E-state index contributed by atoms with van der Waals surface area (Å²) < 4.78 is 0. The number of para-hydroxylation sites is 1. The number of hydrogen-bond donors (Lipinski definition) is 0. The monoisotopic (exact) mass is 423 g/mol. The van der Waals surface area contributed by atoms with Gasteiger partial charge in [-0.15, -0.1) is 0 Å². The second kappa shape index (κ2) is 11.2. The lowest BCUT2D eigenvalue weighted by Gasteiger charge is -2.24. The van der Waals surface area contributed by atoms with Crippen LogP contribution in [0.3, 0.4) is 0 Å². The predicted molar refractivity (Wildman–Crippen MR) is 130 cm³/mol. The summed E-state index contributed by atoms with van der Waals surface area (Å²) in [6.07, 6.45) is 4.74. The summed E-state index contributed by atoms with van der Waals surface area (Å²) in [6, 6.07) is 33.7. The Bertz CT molecular complexity index is 1040. The molecular weight excluding hydrogens is 394 g/mol. The van der Waals surface area contributed by atoms with Gasteiger partial charge in [0.05, 0.1) is 24.1 Å². The van der Waals surface area contributed by atoms with Crippen molar-refractivity contribution in [3.63, 3.8) is 0 Å². The maximum atomic E-state index is 8.70. The van der Waals surface area contributed by atoms with Crippen LogP contribution in [0.4, 0.5) is 5.69 Å². The third kappa shape index (κ3) is 5.19. The zero-order chi connectivity index (χ0) is 22.0. The van der Waals surface area contributed by atoms with E-state index >= 15 is 0 Å². The molecule has 0 spiro atoms. The fraction of sp³-hybridized carbons (Fsp3) is 0.250. The van der Waals surface area contributed by atoms with E-state index in [-0.39, 0.29) is 0 Å². The predicted octanol–water partition coefficient (Wildman–Crippen LogP) is 6.70. The van der Waals surface area contributed by atoms with E-state index in [1.165, 1.54) is 0 Å². The van der Waals surface area contributed by atoms with Gasteiger partial charge in [0.1, 0.15) is 6.67 Å². The largest absolute Gasteiger partial charge is 0.318 e. The third-order valence-corrected chi connectivity index (χ3v) is 5.61. The number of anilines is 1. The van der Waals surface area contributed by atoms with Crippen LogP contribution in [-0.4, -0.2) is 18.3 Å². The van der Waals surface area contributed by atoms with Crippen molar-refractivity contribution in [2.45, 2.75) is 32.1 Å². The normalized spacial score (nSPS) is 13.5. The van der Waals surface area contributed by atoms with Gasteiger partial charge in [-0.25, -0.2) is 5.06 Å². The molecule has 0 radical (unpaired) electrons. The lowest BCUT2D eigenvalue weighted by atomic mass is 10.0. The molecule has 0 atom stereocenters. The van der Waals surface area contributed by atoms with Crippen molar-refractivity contribution in [2.24, 2.45) is 0 Å². The molecule has 0 saturated carbocycles. The highest BCUT2D eigenvalue weighted by atomic mass is 16.7. The minimum absolute atomic E-state index is 0.632. The maximum Gasteiger partial charge on any atom is 0.121 e. The van der Waals surface area contributed by atoms with Crippen molar-refractivity contribution in [3.05, 3.63) is 102 Å². The topological polar surface area (TPSA) is 39.5 Å². The molecule has 1 aliphatic heterocycles. The quantitative estimate of drug-likeness (QED) is 0.340. The van der Waals surface area contributed by atoms with Crippen molar-refractivity contribution >= 4 is 17.1 Å². The summed E-state index contributed by atoms with van der Waals surface area (Å²) in [5.41, 5.74) is 5.68. The van der Waals surface area contributed by atoms with Gasteiger partial charge < -0.3 is 4.90 Å². The molecule has 0 unspecified atom stereocenters. The van der Waals surface area contributed by atoms with E-state index < -0.39 is 0 Å². The highest BCUT2D eigenvalue weighted by molar-refractivity contribution is 5.98. The molecule has 0 amide bonds. The standard InChI is InChI=1S/C28H29N3O/c29-21-13-2-1-3-14-22-32-31-23-30(26-19-11-6-12-20-26)27(24-15-7-4-8-16-24)28(31)25-17-9-5-10-18-25/h4-12,15-20H,1-3,13-14,22-23H2. The first-order valence-electron chi connectivity index (χ1n) is 11.3. The van der Waals surface area contributed by atoms with Crippen LogP contribution in [0.25, 0.3) is 11.4 Å². The smallest absolute Gasteiger partial charge is 0.121 e. The summed E-state index contributed by atoms with van der Waals surface area (Å²) in [7, 11) is 0. The molecule has 3 aromatic carbocycles. The van der Waals surface area contributed by atoms with Crippen molar-refractivity contribution in [2.75, 3.05) is 18.2 Å². The number of unbranched alkanes of at least 4 members (excludes halogenated alkanes) is 4. The summed E-state index contributed by atoms with van der Waals surface area (Å²) in [4.78, 5) is 8.67. The lowest BCUT2D eigenvalue weighted by molar-refractivity contribution is -0.104. The minimum Gasteiger partial charge on any atom is -0.318 e. The molecule has 4 nitrogen and oxygen atoms in total. The van der Waals surface area contributed by atoms with Gasteiger partial charge in [0, 0.05) is 23.2 Å². The summed E-state index contributed by atoms with van der Waals surface area (Å²) in [5.74, 6) is 0. The number of benzene rings is 3. The van der Waals surface area contributed by atoms with E-state index in [9.17, 15) is 0 Å². The highest BCUT2D eigenvalue weighted by Gasteiger charge is 2.32. The molecule has 3 aromatic rings. The zero-order valence-electron chi connectivity index (χ0n) is 18.4. The second-order valence-corrected chi connectivity index (χ2v) is 7.87. The molecule has 32 heavy (non-hydrogen) atoms. The summed E-state index contributed by atoms with van der Waals surface area (Å²) >= 11 is 0. The molecule has 4 heteroatoms. The minimum atomic E-state index is 0.632. The van der Waals surface area contributed by atoms with Crippen molar-refractivity contribution in [1.29, 1.82) is 5.26 Å². The molecule has 162 valence electrons. The van der Waals surface area contributed by atoms with Gasteiger partial charge in [-0.1, -0.05) is 91.7 Å². The molecule has 4 rings (SSSR count). The fourth-order valence-electron chi connectivity index (χ4n) is 4.04. The molecule has 0 fully saturated rings. The first kappa shape index (κ1) is 21.7. The third-order valence-electron chi connectivity index (χ3n) is 5.61. The van der Waals surface area contributed by atoms with Crippen molar-refractivity contribution in [3.8, 4) is 6.07 Å². The molecule has 0 saturated heterocycles. The van der Waals surface area contributed by atoms with Gasteiger partial charge in [-0.2, -0.15) is 5.26 Å². The Hall–Kier alpha value is -3.55. The average molecular weight is 424 g/mol. The van der Waals surface area contributed by atoms with E-state index in [0.717, 1.165) is 53.9 Å². The number of hydroxylamine groups is 2. The van der Waals surface area contributed by atoms with Crippen molar-refractivity contribution in [1.82, 2.24) is 5.06 Å². The Morgan fingerprint density at radius 3 is 1.88 bits per heavy atom. The van der Waals surface area contributed by atoms with Crippen LogP contribution < -0.4 is 4.90 Å². The van der Waals surface area contributed by atoms with Gasteiger partial charge in [0.2, 0.25) is 0 Å².